The first kappa shape index (κ1) is 12.9. The number of hydrogen-bond acceptors (Lipinski definition) is 3. The lowest BCUT2D eigenvalue weighted by atomic mass is 10.00. The number of nitrogens with two attached hydrogens (primary N) is 1. The van der Waals surface area contributed by atoms with Gasteiger partial charge in [-0.15, -0.1) is 0 Å². The Morgan fingerprint density at radius 3 is 2.88 bits per heavy atom. The summed E-state index contributed by atoms with van der Waals surface area (Å²) in [6.07, 6.45) is 5.03. The van der Waals surface area contributed by atoms with Crippen molar-refractivity contribution in [1.29, 1.82) is 0 Å². The van der Waals surface area contributed by atoms with Crippen molar-refractivity contribution in [2.45, 2.75) is 51.3 Å². The highest BCUT2D eigenvalue weighted by atomic mass is 35.5. The van der Waals surface area contributed by atoms with Gasteiger partial charge in [0.1, 0.15) is 0 Å². The average Bonchev–Trinajstić information content (AvgIpc) is 2.71. The van der Waals surface area contributed by atoms with E-state index in [4.69, 9.17) is 22.1 Å². The molecule has 2 rings (SSSR count). The van der Waals surface area contributed by atoms with Gasteiger partial charge in [0.25, 0.3) is 0 Å². The zero-order valence-electron chi connectivity index (χ0n) is 10.4. The molecule has 1 aliphatic heterocycles. The molecule has 0 aromatic carbocycles. The molecule has 0 bridgehead atoms. The first-order valence-corrected chi connectivity index (χ1v) is 6.59. The lowest BCUT2D eigenvalue weighted by molar-refractivity contribution is -0.00176. The summed E-state index contributed by atoms with van der Waals surface area (Å²) < 4.78 is 7.62. The molecule has 1 saturated heterocycles. The fraction of sp³-hybridized carbons (Fsp3) is 0.750. The maximum Gasteiger partial charge on any atom is 0.0835 e. The van der Waals surface area contributed by atoms with Crippen molar-refractivity contribution in [3.8, 4) is 0 Å². The van der Waals surface area contributed by atoms with E-state index < -0.39 is 0 Å². The summed E-state index contributed by atoms with van der Waals surface area (Å²) in [4.78, 5) is 0. The minimum atomic E-state index is -0.187. The SMILES string of the molecule is CC(C)n1ncc(Cl)c1C(N)C1CCCCO1. The molecule has 0 amide bonds. The molecule has 2 atom stereocenters. The van der Waals surface area contributed by atoms with Crippen LogP contribution in [-0.2, 0) is 4.74 Å². The smallest absolute Gasteiger partial charge is 0.0835 e. The fourth-order valence-electron chi connectivity index (χ4n) is 2.30. The monoisotopic (exact) mass is 257 g/mol. The third-order valence-corrected chi connectivity index (χ3v) is 3.50. The Bertz CT molecular complexity index is 372. The number of nitrogens with zero attached hydrogens (tertiary/aromatic N) is 2. The van der Waals surface area contributed by atoms with Crippen LogP contribution in [0.25, 0.3) is 0 Å². The van der Waals surface area contributed by atoms with E-state index in [1.807, 2.05) is 4.68 Å². The molecule has 1 fully saturated rings. The van der Waals surface area contributed by atoms with Crippen LogP contribution >= 0.6 is 11.6 Å². The highest BCUT2D eigenvalue weighted by Crippen LogP contribution is 2.30. The molecule has 0 saturated carbocycles. The van der Waals surface area contributed by atoms with Gasteiger partial charge in [-0.05, 0) is 33.1 Å². The van der Waals surface area contributed by atoms with E-state index in [9.17, 15) is 0 Å². The minimum absolute atomic E-state index is 0.0652. The molecule has 0 radical (unpaired) electrons. The van der Waals surface area contributed by atoms with Crippen LogP contribution in [0.2, 0.25) is 5.02 Å². The van der Waals surface area contributed by atoms with Crippen LogP contribution in [0.15, 0.2) is 6.20 Å². The number of hydrogen-bond donors (Lipinski definition) is 1. The van der Waals surface area contributed by atoms with E-state index in [-0.39, 0.29) is 18.2 Å². The third kappa shape index (κ3) is 2.64. The van der Waals surface area contributed by atoms with Gasteiger partial charge in [-0.25, -0.2) is 0 Å². The normalized spacial score (nSPS) is 23.0. The summed E-state index contributed by atoms with van der Waals surface area (Å²) in [5.74, 6) is 0. The largest absolute Gasteiger partial charge is 0.376 e. The summed E-state index contributed by atoms with van der Waals surface area (Å²) in [5.41, 5.74) is 7.18. The molecular weight excluding hydrogens is 238 g/mol. The third-order valence-electron chi connectivity index (χ3n) is 3.21. The highest BCUT2D eigenvalue weighted by molar-refractivity contribution is 6.31. The second kappa shape index (κ2) is 5.38. The Hall–Kier alpha value is -0.580. The molecule has 0 spiro atoms. The quantitative estimate of drug-likeness (QED) is 0.906. The minimum Gasteiger partial charge on any atom is -0.376 e. The van der Waals surface area contributed by atoms with Gasteiger partial charge in [0, 0.05) is 12.6 Å². The van der Waals surface area contributed by atoms with Crippen molar-refractivity contribution in [3.63, 3.8) is 0 Å². The van der Waals surface area contributed by atoms with Gasteiger partial charge in [0.15, 0.2) is 0 Å². The Balaban J connectivity index is 2.22. The van der Waals surface area contributed by atoms with Gasteiger partial charge >= 0.3 is 0 Å². The molecular formula is C12H20ClN3O. The molecule has 96 valence electrons. The second-order valence-corrected chi connectivity index (χ2v) is 5.25. The van der Waals surface area contributed by atoms with Crippen LogP contribution in [0.4, 0.5) is 0 Å². The number of aromatic nitrogens is 2. The molecule has 1 aromatic rings. The Morgan fingerprint density at radius 2 is 2.29 bits per heavy atom. The van der Waals surface area contributed by atoms with Gasteiger partial charge in [-0.2, -0.15) is 5.10 Å². The maximum absolute atomic E-state index is 6.28. The van der Waals surface area contributed by atoms with Crippen LogP contribution in [-0.4, -0.2) is 22.5 Å². The summed E-state index contributed by atoms with van der Waals surface area (Å²) in [6, 6.07) is 0.0693. The predicted octanol–water partition coefficient (Wildman–Crippen LogP) is 2.69. The summed E-state index contributed by atoms with van der Waals surface area (Å²) >= 11 is 6.18. The topological polar surface area (TPSA) is 53.1 Å². The Morgan fingerprint density at radius 1 is 1.53 bits per heavy atom. The van der Waals surface area contributed by atoms with Crippen molar-refractivity contribution in [1.82, 2.24) is 9.78 Å². The molecule has 2 heterocycles. The number of ether oxygens (including phenoxy) is 1. The lowest BCUT2D eigenvalue weighted by Gasteiger charge is -2.29. The molecule has 1 aliphatic rings. The van der Waals surface area contributed by atoms with Crippen molar-refractivity contribution in [3.05, 3.63) is 16.9 Å². The van der Waals surface area contributed by atoms with Gasteiger partial charge < -0.3 is 10.5 Å². The van der Waals surface area contributed by atoms with E-state index >= 15 is 0 Å². The first-order valence-electron chi connectivity index (χ1n) is 6.21. The van der Waals surface area contributed by atoms with Gasteiger partial charge in [-0.3, -0.25) is 4.68 Å². The van der Waals surface area contributed by atoms with Gasteiger partial charge in [-0.1, -0.05) is 11.6 Å². The number of rotatable bonds is 3. The predicted molar refractivity (Wildman–Crippen MR) is 68.1 cm³/mol. The van der Waals surface area contributed by atoms with Crippen LogP contribution in [0.5, 0.6) is 0 Å². The number of halogens is 1. The van der Waals surface area contributed by atoms with Crippen molar-refractivity contribution >= 4 is 11.6 Å². The van der Waals surface area contributed by atoms with Crippen LogP contribution in [0.3, 0.4) is 0 Å². The molecule has 17 heavy (non-hydrogen) atoms. The van der Waals surface area contributed by atoms with Crippen molar-refractivity contribution < 1.29 is 4.74 Å². The molecule has 0 aliphatic carbocycles. The Kier molecular flexibility index (Phi) is 4.07. The van der Waals surface area contributed by atoms with Crippen molar-refractivity contribution in [2.24, 2.45) is 5.73 Å². The summed E-state index contributed by atoms with van der Waals surface area (Å²) in [5, 5.41) is 4.92. The standard InChI is InChI=1S/C12H20ClN3O/c1-8(2)16-12(9(13)7-15-16)11(14)10-5-3-4-6-17-10/h7-8,10-11H,3-6,14H2,1-2H3. The van der Waals surface area contributed by atoms with Crippen LogP contribution < -0.4 is 5.73 Å². The molecule has 2 N–H and O–H groups in total. The van der Waals surface area contributed by atoms with E-state index in [1.54, 1.807) is 6.20 Å². The van der Waals surface area contributed by atoms with Crippen LogP contribution in [0, 0.1) is 0 Å². The summed E-state index contributed by atoms with van der Waals surface area (Å²) in [6.45, 7) is 4.94. The zero-order valence-corrected chi connectivity index (χ0v) is 11.2. The first-order chi connectivity index (χ1) is 8.11. The van der Waals surface area contributed by atoms with E-state index in [0.29, 0.717) is 5.02 Å². The molecule has 4 nitrogen and oxygen atoms in total. The highest BCUT2D eigenvalue weighted by Gasteiger charge is 2.28. The lowest BCUT2D eigenvalue weighted by Crippen LogP contribution is -2.34. The molecule has 2 unspecified atom stereocenters. The summed E-state index contributed by atoms with van der Waals surface area (Å²) in [7, 11) is 0. The fourth-order valence-corrected chi connectivity index (χ4v) is 2.56. The molecule has 5 heteroatoms. The molecule has 1 aromatic heterocycles. The Labute approximate surface area is 107 Å². The van der Waals surface area contributed by atoms with Gasteiger partial charge in [0.2, 0.25) is 0 Å². The van der Waals surface area contributed by atoms with E-state index in [2.05, 4.69) is 18.9 Å². The maximum atomic E-state index is 6.28. The average molecular weight is 258 g/mol. The van der Waals surface area contributed by atoms with Crippen molar-refractivity contribution in [2.75, 3.05) is 6.61 Å². The van der Waals surface area contributed by atoms with E-state index in [0.717, 1.165) is 25.1 Å². The zero-order chi connectivity index (χ0) is 12.4. The second-order valence-electron chi connectivity index (χ2n) is 4.85. The van der Waals surface area contributed by atoms with Gasteiger partial charge in [0.05, 0.1) is 29.1 Å². The van der Waals surface area contributed by atoms with E-state index in [1.165, 1.54) is 6.42 Å². The van der Waals surface area contributed by atoms with Crippen LogP contribution in [0.1, 0.15) is 50.9 Å².